The Hall–Kier alpha value is -1.62. The summed E-state index contributed by atoms with van der Waals surface area (Å²) < 4.78 is 0. The van der Waals surface area contributed by atoms with Crippen molar-refractivity contribution in [2.24, 2.45) is 0 Å². The first-order chi connectivity index (χ1) is 9.72. The molecule has 1 N–H and O–H groups in total. The van der Waals surface area contributed by atoms with Gasteiger partial charge in [-0.05, 0) is 24.3 Å². The third-order valence-corrected chi connectivity index (χ3v) is 4.12. The third kappa shape index (κ3) is 2.93. The molecule has 2 aromatic heterocycles. The van der Waals surface area contributed by atoms with Crippen molar-refractivity contribution in [3.8, 4) is 11.3 Å². The molecule has 0 unspecified atom stereocenters. The average Bonchev–Trinajstić information content (AvgIpc) is 2.91. The van der Waals surface area contributed by atoms with Crippen LogP contribution >= 0.6 is 34.5 Å². The van der Waals surface area contributed by atoms with E-state index in [-0.39, 0.29) is 0 Å². The first-order valence-electron chi connectivity index (χ1n) is 5.81. The van der Waals surface area contributed by atoms with Gasteiger partial charge in [0, 0.05) is 17.1 Å². The van der Waals surface area contributed by atoms with Gasteiger partial charge in [-0.15, -0.1) is 11.3 Å². The standard InChI is InChI=1S/C14H9Cl2N3S/c15-10-5-4-9(7-11(10)16)12-8-20-14(18-12)19-13-3-1-2-6-17-13/h1-8H,(H,17,18,19). The van der Waals surface area contributed by atoms with Crippen LogP contribution in [0.1, 0.15) is 0 Å². The first kappa shape index (κ1) is 13.4. The summed E-state index contributed by atoms with van der Waals surface area (Å²) in [5, 5.41) is 6.97. The number of rotatable bonds is 3. The minimum atomic E-state index is 0.524. The lowest BCUT2D eigenvalue weighted by Crippen LogP contribution is -1.91. The molecule has 0 amide bonds. The fourth-order valence-electron chi connectivity index (χ4n) is 1.67. The van der Waals surface area contributed by atoms with Crippen molar-refractivity contribution in [1.29, 1.82) is 0 Å². The minimum Gasteiger partial charge on any atom is -0.316 e. The highest BCUT2D eigenvalue weighted by atomic mass is 35.5. The lowest BCUT2D eigenvalue weighted by atomic mass is 10.2. The van der Waals surface area contributed by atoms with E-state index in [9.17, 15) is 0 Å². The summed E-state index contributed by atoms with van der Waals surface area (Å²) in [5.41, 5.74) is 1.79. The Balaban J connectivity index is 1.84. The van der Waals surface area contributed by atoms with E-state index < -0.39 is 0 Å². The lowest BCUT2D eigenvalue weighted by Gasteiger charge is -2.01. The first-order valence-corrected chi connectivity index (χ1v) is 7.45. The van der Waals surface area contributed by atoms with Gasteiger partial charge in [0.05, 0.1) is 15.7 Å². The van der Waals surface area contributed by atoms with Crippen LogP contribution in [0.25, 0.3) is 11.3 Å². The number of thiazole rings is 1. The van der Waals surface area contributed by atoms with Crippen LogP contribution in [0, 0.1) is 0 Å². The van der Waals surface area contributed by atoms with E-state index in [0.29, 0.717) is 10.0 Å². The summed E-state index contributed by atoms with van der Waals surface area (Å²) in [7, 11) is 0. The Kier molecular flexibility index (Phi) is 3.87. The van der Waals surface area contributed by atoms with Gasteiger partial charge in [0.2, 0.25) is 0 Å². The molecule has 0 saturated carbocycles. The molecule has 0 aliphatic carbocycles. The highest BCUT2D eigenvalue weighted by Gasteiger charge is 2.07. The van der Waals surface area contributed by atoms with E-state index >= 15 is 0 Å². The molecule has 20 heavy (non-hydrogen) atoms. The van der Waals surface area contributed by atoms with Crippen LogP contribution in [0.15, 0.2) is 48.0 Å². The fourth-order valence-corrected chi connectivity index (χ4v) is 2.69. The minimum absolute atomic E-state index is 0.524. The molecule has 3 rings (SSSR count). The molecule has 0 aliphatic rings. The molecule has 3 aromatic rings. The van der Waals surface area contributed by atoms with Crippen LogP contribution in [0.5, 0.6) is 0 Å². The number of pyridine rings is 1. The van der Waals surface area contributed by atoms with Gasteiger partial charge in [-0.1, -0.05) is 35.3 Å². The van der Waals surface area contributed by atoms with E-state index in [1.807, 2.05) is 35.7 Å². The molecule has 0 aliphatic heterocycles. The Labute approximate surface area is 130 Å². The van der Waals surface area contributed by atoms with Gasteiger partial charge in [-0.25, -0.2) is 9.97 Å². The zero-order chi connectivity index (χ0) is 13.9. The molecular formula is C14H9Cl2N3S. The van der Waals surface area contributed by atoms with Crippen molar-refractivity contribution in [2.45, 2.75) is 0 Å². The van der Waals surface area contributed by atoms with Crippen LogP contribution in [-0.4, -0.2) is 9.97 Å². The van der Waals surface area contributed by atoms with E-state index in [4.69, 9.17) is 23.2 Å². The predicted octanol–water partition coefficient (Wildman–Crippen LogP) is 5.26. The molecule has 3 nitrogen and oxygen atoms in total. The molecule has 0 bridgehead atoms. The average molecular weight is 322 g/mol. The third-order valence-electron chi connectivity index (χ3n) is 2.62. The number of hydrogen-bond acceptors (Lipinski definition) is 4. The largest absolute Gasteiger partial charge is 0.316 e. The van der Waals surface area contributed by atoms with Crippen molar-refractivity contribution < 1.29 is 0 Å². The molecule has 100 valence electrons. The maximum atomic E-state index is 6.02. The topological polar surface area (TPSA) is 37.8 Å². The van der Waals surface area contributed by atoms with E-state index in [2.05, 4.69) is 15.3 Å². The van der Waals surface area contributed by atoms with Gasteiger partial charge in [0.15, 0.2) is 5.13 Å². The number of benzene rings is 1. The Bertz CT molecular complexity index is 728. The summed E-state index contributed by atoms with van der Waals surface area (Å²) in [6.07, 6.45) is 1.73. The number of nitrogens with zero attached hydrogens (tertiary/aromatic N) is 2. The molecule has 0 radical (unpaired) electrons. The summed E-state index contributed by atoms with van der Waals surface area (Å²) >= 11 is 13.4. The molecule has 6 heteroatoms. The molecule has 0 atom stereocenters. The summed E-state index contributed by atoms with van der Waals surface area (Å²) in [5.74, 6) is 0.766. The normalized spacial score (nSPS) is 10.5. The summed E-state index contributed by atoms with van der Waals surface area (Å²) in [6, 6.07) is 11.2. The van der Waals surface area contributed by atoms with Crippen LogP contribution in [0.3, 0.4) is 0 Å². The molecule has 1 aromatic carbocycles. The molecule has 0 fully saturated rings. The summed E-state index contributed by atoms with van der Waals surface area (Å²) in [4.78, 5) is 8.71. The van der Waals surface area contributed by atoms with Crippen LogP contribution < -0.4 is 5.32 Å². The number of anilines is 2. The Morgan fingerprint density at radius 1 is 1.05 bits per heavy atom. The van der Waals surface area contributed by atoms with Crippen molar-refractivity contribution in [3.05, 3.63) is 58.0 Å². The van der Waals surface area contributed by atoms with Gasteiger partial charge in [0.25, 0.3) is 0 Å². The van der Waals surface area contributed by atoms with E-state index in [1.165, 1.54) is 11.3 Å². The van der Waals surface area contributed by atoms with Gasteiger partial charge < -0.3 is 5.32 Å². The molecule has 2 heterocycles. The van der Waals surface area contributed by atoms with Crippen LogP contribution in [0.2, 0.25) is 10.0 Å². The number of aromatic nitrogens is 2. The maximum Gasteiger partial charge on any atom is 0.188 e. The second-order valence-corrected chi connectivity index (χ2v) is 5.68. The molecule has 0 spiro atoms. The molecule has 0 saturated heterocycles. The van der Waals surface area contributed by atoms with Gasteiger partial charge in [-0.2, -0.15) is 0 Å². The smallest absolute Gasteiger partial charge is 0.188 e. The van der Waals surface area contributed by atoms with Crippen LogP contribution in [-0.2, 0) is 0 Å². The van der Waals surface area contributed by atoms with Crippen molar-refractivity contribution in [2.75, 3.05) is 5.32 Å². The van der Waals surface area contributed by atoms with Crippen LogP contribution in [0.4, 0.5) is 10.9 Å². The van der Waals surface area contributed by atoms with Gasteiger partial charge in [-0.3, -0.25) is 0 Å². The van der Waals surface area contributed by atoms with E-state index in [1.54, 1.807) is 12.3 Å². The maximum absolute atomic E-state index is 6.02. The zero-order valence-corrected chi connectivity index (χ0v) is 12.5. The van der Waals surface area contributed by atoms with Crippen molar-refractivity contribution >= 4 is 45.5 Å². The number of hydrogen-bond donors (Lipinski definition) is 1. The highest BCUT2D eigenvalue weighted by molar-refractivity contribution is 7.14. The summed E-state index contributed by atoms with van der Waals surface area (Å²) in [6.45, 7) is 0. The Morgan fingerprint density at radius 3 is 2.70 bits per heavy atom. The quantitative estimate of drug-likeness (QED) is 0.715. The number of nitrogens with one attached hydrogen (secondary N) is 1. The second-order valence-electron chi connectivity index (χ2n) is 4.01. The lowest BCUT2D eigenvalue weighted by molar-refractivity contribution is 1.29. The van der Waals surface area contributed by atoms with Crippen molar-refractivity contribution in [1.82, 2.24) is 9.97 Å². The van der Waals surface area contributed by atoms with Gasteiger partial charge in [0.1, 0.15) is 5.82 Å². The fraction of sp³-hybridized carbons (Fsp3) is 0. The second kappa shape index (κ2) is 5.79. The zero-order valence-electron chi connectivity index (χ0n) is 10.2. The highest BCUT2D eigenvalue weighted by Crippen LogP contribution is 2.31. The SMILES string of the molecule is Clc1ccc(-c2csc(Nc3ccccn3)n2)cc1Cl. The van der Waals surface area contributed by atoms with E-state index in [0.717, 1.165) is 22.2 Å². The van der Waals surface area contributed by atoms with Gasteiger partial charge >= 0.3 is 0 Å². The monoisotopic (exact) mass is 321 g/mol. The molecular weight excluding hydrogens is 313 g/mol. The Morgan fingerprint density at radius 2 is 1.95 bits per heavy atom. The van der Waals surface area contributed by atoms with Crippen molar-refractivity contribution in [3.63, 3.8) is 0 Å². The number of halogens is 2. The predicted molar refractivity (Wildman–Crippen MR) is 85.1 cm³/mol.